The van der Waals surface area contributed by atoms with Gasteiger partial charge in [0.15, 0.2) is 0 Å². The molecule has 0 aromatic carbocycles. The van der Waals surface area contributed by atoms with Crippen LogP contribution >= 0.6 is 0 Å². The highest BCUT2D eigenvalue weighted by molar-refractivity contribution is 5.67. The summed E-state index contributed by atoms with van der Waals surface area (Å²) < 4.78 is 6.24. The van der Waals surface area contributed by atoms with Gasteiger partial charge in [0.05, 0.1) is 18.8 Å². The molecule has 3 N–H and O–H groups in total. The smallest absolute Gasteiger partial charge is 0.0705 e. The predicted octanol–water partition coefficient (Wildman–Crippen LogP) is 2.87. The van der Waals surface area contributed by atoms with E-state index in [1.54, 1.807) is 6.08 Å². The van der Waals surface area contributed by atoms with E-state index in [1.807, 2.05) is 6.20 Å². The lowest BCUT2D eigenvalue weighted by Crippen LogP contribution is -2.65. The molecule has 0 aliphatic heterocycles. The Bertz CT molecular complexity index is 456. The van der Waals surface area contributed by atoms with Gasteiger partial charge in [-0.05, 0) is 67.0 Å². The van der Waals surface area contributed by atoms with Crippen molar-refractivity contribution in [3.05, 3.63) is 12.3 Å². The van der Waals surface area contributed by atoms with Gasteiger partial charge in [-0.15, -0.1) is 0 Å². The third kappa shape index (κ3) is 2.83. The van der Waals surface area contributed by atoms with Gasteiger partial charge in [0.2, 0.25) is 0 Å². The molecule has 0 heterocycles. The molecule has 4 fully saturated rings. The second kappa shape index (κ2) is 5.34. The molecule has 22 heavy (non-hydrogen) atoms. The van der Waals surface area contributed by atoms with E-state index < -0.39 is 0 Å². The molecule has 2 unspecified atom stereocenters. The summed E-state index contributed by atoms with van der Waals surface area (Å²) in [6.07, 6.45) is 12.2. The standard InChI is InChI=1S/C18H30N2O2/c1-15-8-16(2)10-17(9-15,14-20-5-3-4-19)13-18(11-15,12-16)22-7-6-21/h3-5,19-21H,6-14H2,1-2H3/b5-3-,19-4?. The lowest BCUT2D eigenvalue weighted by atomic mass is 9.39. The maximum Gasteiger partial charge on any atom is 0.0705 e. The van der Waals surface area contributed by atoms with Gasteiger partial charge in [-0.3, -0.25) is 0 Å². The van der Waals surface area contributed by atoms with Crippen molar-refractivity contribution >= 4 is 6.21 Å². The van der Waals surface area contributed by atoms with Crippen molar-refractivity contribution in [3.63, 3.8) is 0 Å². The van der Waals surface area contributed by atoms with E-state index >= 15 is 0 Å². The number of allylic oxidation sites excluding steroid dienone is 1. The SMILES string of the molecule is CC12CC3(C)CC(CN/C=C\C=N)(C1)CC(OCCO)(C2)C3. The van der Waals surface area contributed by atoms with E-state index in [9.17, 15) is 5.11 Å². The third-order valence-corrected chi connectivity index (χ3v) is 5.94. The van der Waals surface area contributed by atoms with Gasteiger partial charge in [0, 0.05) is 12.8 Å². The molecule has 4 aliphatic rings. The minimum Gasteiger partial charge on any atom is -0.394 e. The lowest BCUT2D eigenvalue weighted by molar-refractivity contribution is -0.244. The maximum absolute atomic E-state index is 9.19. The Morgan fingerprint density at radius 3 is 2.36 bits per heavy atom. The van der Waals surface area contributed by atoms with Crippen LogP contribution in [-0.4, -0.2) is 36.7 Å². The van der Waals surface area contributed by atoms with Crippen LogP contribution in [-0.2, 0) is 4.74 Å². The Morgan fingerprint density at radius 2 is 1.77 bits per heavy atom. The van der Waals surface area contributed by atoms with E-state index in [0.29, 0.717) is 22.9 Å². The summed E-state index contributed by atoms with van der Waals surface area (Å²) >= 11 is 0. The summed E-state index contributed by atoms with van der Waals surface area (Å²) in [4.78, 5) is 0. The number of rotatable bonds is 7. The number of nitrogens with one attached hydrogen (secondary N) is 2. The molecule has 4 bridgehead atoms. The normalized spacial score (nSPS) is 46.3. The molecule has 0 aromatic heterocycles. The molecule has 0 saturated heterocycles. The molecule has 4 nitrogen and oxygen atoms in total. The molecule has 4 saturated carbocycles. The predicted molar refractivity (Wildman–Crippen MR) is 88.0 cm³/mol. The van der Waals surface area contributed by atoms with Gasteiger partial charge >= 0.3 is 0 Å². The number of aliphatic hydroxyl groups excluding tert-OH is 1. The summed E-state index contributed by atoms with van der Waals surface area (Å²) in [6, 6.07) is 0. The van der Waals surface area contributed by atoms with Crippen LogP contribution in [0.15, 0.2) is 12.3 Å². The van der Waals surface area contributed by atoms with Crippen molar-refractivity contribution < 1.29 is 9.84 Å². The summed E-state index contributed by atoms with van der Waals surface area (Å²) in [5.41, 5.74) is 0.992. The van der Waals surface area contributed by atoms with Crippen LogP contribution in [0.1, 0.15) is 52.4 Å². The highest BCUT2D eigenvalue weighted by Gasteiger charge is 2.65. The monoisotopic (exact) mass is 306 g/mol. The number of aliphatic hydroxyl groups is 1. The highest BCUT2D eigenvalue weighted by atomic mass is 16.5. The Labute approximate surface area is 133 Å². The van der Waals surface area contributed by atoms with Gasteiger partial charge < -0.3 is 20.6 Å². The Hall–Kier alpha value is -0.870. The first-order valence-corrected chi connectivity index (χ1v) is 8.50. The van der Waals surface area contributed by atoms with E-state index in [1.165, 1.54) is 25.5 Å². The van der Waals surface area contributed by atoms with Gasteiger partial charge in [-0.25, -0.2) is 0 Å². The first-order chi connectivity index (χ1) is 10.4. The van der Waals surface area contributed by atoms with Crippen molar-refractivity contribution in [2.75, 3.05) is 19.8 Å². The lowest BCUT2D eigenvalue weighted by Gasteiger charge is -2.69. The van der Waals surface area contributed by atoms with Crippen LogP contribution in [0.4, 0.5) is 0 Å². The van der Waals surface area contributed by atoms with Crippen molar-refractivity contribution in [3.8, 4) is 0 Å². The van der Waals surface area contributed by atoms with E-state index in [4.69, 9.17) is 10.1 Å². The molecule has 2 atom stereocenters. The third-order valence-electron chi connectivity index (χ3n) is 5.94. The minimum absolute atomic E-state index is 0.0338. The topological polar surface area (TPSA) is 65.3 Å². The Kier molecular flexibility index (Phi) is 3.89. The minimum atomic E-state index is -0.0338. The molecular formula is C18H30N2O2. The molecule has 124 valence electrons. The van der Waals surface area contributed by atoms with Crippen LogP contribution < -0.4 is 5.32 Å². The Balaban J connectivity index is 1.82. The first kappa shape index (κ1) is 16.0. The fraction of sp³-hybridized carbons (Fsp3) is 0.833. The van der Waals surface area contributed by atoms with E-state index in [0.717, 1.165) is 25.8 Å². The van der Waals surface area contributed by atoms with Gasteiger partial charge in [0.25, 0.3) is 0 Å². The van der Waals surface area contributed by atoms with Crippen LogP contribution in [0.2, 0.25) is 0 Å². The van der Waals surface area contributed by atoms with E-state index in [-0.39, 0.29) is 12.2 Å². The zero-order chi connectivity index (χ0) is 15.9. The molecular weight excluding hydrogens is 276 g/mol. The fourth-order valence-electron chi connectivity index (χ4n) is 6.82. The summed E-state index contributed by atoms with van der Waals surface area (Å²) in [5.74, 6) is 0. The second-order valence-electron chi connectivity index (χ2n) is 8.84. The number of hydrogen-bond donors (Lipinski definition) is 3. The molecule has 4 rings (SSSR count). The molecule has 4 heteroatoms. The van der Waals surface area contributed by atoms with Crippen LogP contribution in [0, 0.1) is 21.7 Å². The average molecular weight is 306 g/mol. The summed E-state index contributed by atoms with van der Waals surface area (Å²) in [5, 5.41) is 19.7. The van der Waals surface area contributed by atoms with Crippen molar-refractivity contribution in [1.82, 2.24) is 5.32 Å². The summed E-state index contributed by atoms with van der Waals surface area (Å²) in [6.45, 7) is 6.41. The number of ether oxygens (including phenoxy) is 1. The van der Waals surface area contributed by atoms with Crippen molar-refractivity contribution in [1.29, 1.82) is 5.41 Å². The highest BCUT2D eigenvalue weighted by Crippen LogP contribution is 2.71. The van der Waals surface area contributed by atoms with Gasteiger partial charge in [-0.1, -0.05) is 13.8 Å². The van der Waals surface area contributed by atoms with Crippen LogP contribution in [0.5, 0.6) is 0 Å². The maximum atomic E-state index is 9.19. The van der Waals surface area contributed by atoms with Gasteiger partial charge in [-0.2, -0.15) is 0 Å². The molecule has 0 radical (unpaired) electrons. The second-order valence-corrected chi connectivity index (χ2v) is 8.84. The van der Waals surface area contributed by atoms with E-state index in [2.05, 4.69) is 19.2 Å². The first-order valence-electron chi connectivity index (χ1n) is 8.50. The van der Waals surface area contributed by atoms with Crippen LogP contribution in [0.25, 0.3) is 0 Å². The van der Waals surface area contributed by atoms with Crippen LogP contribution in [0.3, 0.4) is 0 Å². The van der Waals surface area contributed by atoms with Crippen molar-refractivity contribution in [2.45, 2.75) is 58.0 Å². The zero-order valence-corrected chi connectivity index (χ0v) is 14.0. The van der Waals surface area contributed by atoms with Crippen molar-refractivity contribution in [2.24, 2.45) is 16.2 Å². The largest absolute Gasteiger partial charge is 0.394 e. The molecule has 0 amide bonds. The van der Waals surface area contributed by atoms with Gasteiger partial charge in [0.1, 0.15) is 0 Å². The molecule has 0 aromatic rings. The summed E-state index contributed by atoms with van der Waals surface area (Å²) in [7, 11) is 0. The quantitative estimate of drug-likeness (QED) is 0.634. The zero-order valence-electron chi connectivity index (χ0n) is 14.0. The fourth-order valence-corrected chi connectivity index (χ4v) is 6.82. The molecule has 0 spiro atoms. The molecule has 4 aliphatic carbocycles. The average Bonchev–Trinajstić information content (AvgIpc) is 2.37. The Morgan fingerprint density at radius 1 is 1.09 bits per heavy atom. The number of hydrogen-bond acceptors (Lipinski definition) is 4.